The van der Waals surface area contributed by atoms with E-state index in [1.54, 1.807) is 0 Å². The van der Waals surface area contributed by atoms with Crippen molar-refractivity contribution < 1.29 is 9.53 Å². The van der Waals surface area contributed by atoms with Gasteiger partial charge in [-0.3, -0.25) is 9.69 Å². The molecule has 2 fully saturated rings. The molecule has 2 aromatic rings. The number of carbonyl (C=O) groups excluding carboxylic acids is 1. The fraction of sp³-hybridized carbons (Fsp3) is 0.571. The average molecular weight is 381 g/mol. The van der Waals surface area contributed by atoms with Gasteiger partial charge in [-0.15, -0.1) is 0 Å². The molecule has 1 amide bonds. The third-order valence-corrected chi connectivity index (χ3v) is 6.27. The van der Waals surface area contributed by atoms with E-state index in [-0.39, 0.29) is 24.0 Å². The van der Waals surface area contributed by atoms with Gasteiger partial charge in [0.05, 0.1) is 31.2 Å². The Bertz CT molecular complexity index is 852. The molecule has 0 saturated carbocycles. The van der Waals surface area contributed by atoms with Gasteiger partial charge in [0, 0.05) is 32.6 Å². The lowest BCUT2D eigenvalue weighted by Gasteiger charge is -2.36. The Morgan fingerprint density at radius 2 is 2.07 bits per heavy atom. The summed E-state index contributed by atoms with van der Waals surface area (Å²) in [4.78, 5) is 22.2. The number of hydrogen-bond donors (Lipinski definition) is 0. The first-order chi connectivity index (χ1) is 13.7. The third-order valence-electron chi connectivity index (χ3n) is 6.27. The topological polar surface area (TPSA) is 63.5 Å². The average Bonchev–Trinajstić information content (AvgIpc) is 3.30. The van der Waals surface area contributed by atoms with Crippen molar-refractivity contribution in [3.63, 3.8) is 0 Å². The predicted molar refractivity (Wildman–Crippen MR) is 104 cm³/mol. The second kappa shape index (κ2) is 7.29. The molecule has 0 spiro atoms. The van der Waals surface area contributed by atoms with Crippen LogP contribution in [0.5, 0.6) is 0 Å². The number of nitrogens with zero attached hydrogens (tertiary/aromatic N) is 5. The molecule has 7 nitrogen and oxygen atoms in total. The lowest BCUT2D eigenvalue weighted by molar-refractivity contribution is -0.136. The smallest absolute Gasteiger partial charge is 0.227 e. The van der Waals surface area contributed by atoms with E-state index in [2.05, 4.69) is 39.2 Å². The van der Waals surface area contributed by atoms with Gasteiger partial charge in [0.25, 0.3) is 0 Å². The molecule has 1 unspecified atom stereocenters. The molecule has 5 rings (SSSR count). The molecule has 148 valence electrons. The SMILES string of the molecule is Cc1nc2n(n1)CC(C(=O)N1C[C@@H]3OCCN(Cc4ccccc4)[C@@H]3C1)CC2. The first-order valence-electron chi connectivity index (χ1n) is 10.3. The fourth-order valence-electron chi connectivity index (χ4n) is 4.85. The van der Waals surface area contributed by atoms with Crippen molar-refractivity contribution in [3.8, 4) is 0 Å². The van der Waals surface area contributed by atoms with Gasteiger partial charge in [0.15, 0.2) is 0 Å². The van der Waals surface area contributed by atoms with E-state index in [0.29, 0.717) is 13.1 Å². The molecule has 3 aliphatic rings. The van der Waals surface area contributed by atoms with Gasteiger partial charge in [-0.25, -0.2) is 9.67 Å². The maximum atomic E-state index is 13.2. The van der Waals surface area contributed by atoms with Gasteiger partial charge in [-0.2, -0.15) is 5.10 Å². The van der Waals surface area contributed by atoms with Crippen molar-refractivity contribution in [2.24, 2.45) is 5.92 Å². The maximum Gasteiger partial charge on any atom is 0.227 e. The molecule has 0 bridgehead atoms. The third kappa shape index (κ3) is 3.33. The number of fused-ring (bicyclic) bond motifs is 2. The fourth-order valence-corrected chi connectivity index (χ4v) is 4.85. The largest absolute Gasteiger partial charge is 0.373 e. The molecule has 0 aliphatic carbocycles. The zero-order valence-corrected chi connectivity index (χ0v) is 16.3. The number of benzene rings is 1. The zero-order chi connectivity index (χ0) is 19.1. The van der Waals surface area contributed by atoms with Crippen LogP contribution in [0.25, 0.3) is 0 Å². The molecule has 28 heavy (non-hydrogen) atoms. The Morgan fingerprint density at radius 3 is 2.93 bits per heavy atom. The van der Waals surface area contributed by atoms with Crippen LogP contribution >= 0.6 is 0 Å². The summed E-state index contributed by atoms with van der Waals surface area (Å²) in [5.41, 5.74) is 1.31. The van der Waals surface area contributed by atoms with Crippen LogP contribution in [0.3, 0.4) is 0 Å². The molecular formula is C21H27N5O2. The highest BCUT2D eigenvalue weighted by Gasteiger charge is 2.43. The Morgan fingerprint density at radius 1 is 1.21 bits per heavy atom. The first-order valence-corrected chi connectivity index (χ1v) is 10.3. The van der Waals surface area contributed by atoms with Crippen molar-refractivity contribution in [2.75, 3.05) is 26.2 Å². The van der Waals surface area contributed by atoms with Crippen LogP contribution in [-0.2, 0) is 29.0 Å². The van der Waals surface area contributed by atoms with Gasteiger partial charge >= 0.3 is 0 Å². The summed E-state index contributed by atoms with van der Waals surface area (Å²) in [6.45, 7) is 6.59. The van der Waals surface area contributed by atoms with E-state index in [1.165, 1.54) is 5.56 Å². The summed E-state index contributed by atoms with van der Waals surface area (Å²) in [6.07, 6.45) is 1.81. The van der Waals surface area contributed by atoms with Crippen LogP contribution in [0.2, 0.25) is 0 Å². The molecule has 0 N–H and O–H groups in total. The molecule has 1 aromatic carbocycles. The Hall–Kier alpha value is -2.25. The van der Waals surface area contributed by atoms with Crippen LogP contribution in [0.4, 0.5) is 0 Å². The summed E-state index contributed by atoms with van der Waals surface area (Å²) in [5.74, 6) is 2.04. The highest BCUT2D eigenvalue weighted by atomic mass is 16.5. The second-order valence-corrected chi connectivity index (χ2v) is 8.17. The predicted octanol–water partition coefficient (Wildman–Crippen LogP) is 1.26. The molecule has 0 radical (unpaired) electrons. The molecule has 4 heterocycles. The second-order valence-electron chi connectivity index (χ2n) is 8.17. The van der Waals surface area contributed by atoms with Crippen molar-refractivity contribution in [2.45, 2.75) is 45.0 Å². The van der Waals surface area contributed by atoms with Crippen LogP contribution < -0.4 is 0 Å². The summed E-state index contributed by atoms with van der Waals surface area (Å²) < 4.78 is 7.95. The van der Waals surface area contributed by atoms with Crippen LogP contribution in [0.1, 0.15) is 23.6 Å². The highest BCUT2D eigenvalue weighted by molar-refractivity contribution is 5.79. The van der Waals surface area contributed by atoms with Gasteiger partial charge in [-0.1, -0.05) is 30.3 Å². The number of rotatable bonds is 3. The number of aromatic nitrogens is 3. The number of morpholine rings is 1. The van der Waals surface area contributed by atoms with Crippen LogP contribution in [0.15, 0.2) is 30.3 Å². The number of ether oxygens (including phenoxy) is 1. The van der Waals surface area contributed by atoms with Gasteiger partial charge in [0.1, 0.15) is 11.6 Å². The Kier molecular flexibility index (Phi) is 4.64. The van der Waals surface area contributed by atoms with E-state index in [0.717, 1.165) is 50.7 Å². The summed E-state index contributed by atoms with van der Waals surface area (Å²) in [6, 6.07) is 10.8. The maximum absolute atomic E-state index is 13.2. The summed E-state index contributed by atoms with van der Waals surface area (Å²) in [7, 11) is 0. The van der Waals surface area contributed by atoms with Crippen LogP contribution in [-0.4, -0.2) is 68.9 Å². The monoisotopic (exact) mass is 381 g/mol. The van der Waals surface area contributed by atoms with Crippen molar-refractivity contribution in [3.05, 3.63) is 47.5 Å². The van der Waals surface area contributed by atoms with Gasteiger partial charge in [-0.05, 0) is 18.9 Å². The summed E-state index contributed by atoms with van der Waals surface area (Å²) in [5, 5.41) is 4.44. The Balaban J connectivity index is 1.26. The zero-order valence-electron chi connectivity index (χ0n) is 16.3. The minimum Gasteiger partial charge on any atom is -0.373 e. The lowest BCUT2D eigenvalue weighted by atomic mass is 9.98. The number of carbonyl (C=O) groups is 1. The quantitative estimate of drug-likeness (QED) is 0.801. The molecular weight excluding hydrogens is 354 g/mol. The van der Waals surface area contributed by atoms with Crippen LogP contribution in [0, 0.1) is 12.8 Å². The van der Waals surface area contributed by atoms with Crippen molar-refractivity contribution in [1.82, 2.24) is 24.6 Å². The molecule has 1 aromatic heterocycles. The van der Waals surface area contributed by atoms with E-state index in [1.807, 2.05) is 22.6 Å². The van der Waals surface area contributed by atoms with E-state index in [4.69, 9.17) is 4.74 Å². The highest BCUT2D eigenvalue weighted by Crippen LogP contribution is 2.28. The van der Waals surface area contributed by atoms with Crippen molar-refractivity contribution >= 4 is 5.91 Å². The number of aryl methyl sites for hydroxylation is 2. The minimum absolute atomic E-state index is 0.00340. The number of amides is 1. The normalized spacial score (nSPS) is 27.5. The van der Waals surface area contributed by atoms with E-state index < -0.39 is 0 Å². The lowest BCUT2D eigenvalue weighted by Crippen LogP contribution is -2.50. The minimum atomic E-state index is -0.00340. The molecule has 3 aliphatic heterocycles. The molecule has 2 saturated heterocycles. The van der Waals surface area contributed by atoms with E-state index in [9.17, 15) is 4.79 Å². The van der Waals surface area contributed by atoms with E-state index >= 15 is 0 Å². The van der Waals surface area contributed by atoms with Gasteiger partial charge < -0.3 is 9.64 Å². The van der Waals surface area contributed by atoms with Gasteiger partial charge in [0.2, 0.25) is 5.91 Å². The number of hydrogen-bond acceptors (Lipinski definition) is 5. The Labute approximate surface area is 165 Å². The van der Waals surface area contributed by atoms with Crippen molar-refractivity contribution in [1.29, 1.82) is 0 Å². The standard InChI is InChI=1S/C21H27N5O2/c1-15-22-20-8-7-17(12-26(20)23-15)21(27)25-13-18-19(14-25)28-10-9-24(18)11-16-5-3-2-4-6-16/h2-6,17-19H,7-14H2,1H3/t17?,18-,19+/m1/s1. The molecule has 3 atom stereocenters. The summed E-state index contributed by atoms with van der Waals surface area (Å²) >= 11 is 0. The molecule has 7 heteroatoms. The number of likely N-dealkylation sites (tertiary alicyclic amines) is 1. The first kappa shape index (κ1) is 17.8.